The molecule has 244 valence electrons. The lowest BCUT2D eigenvalue weighted by Crippen LogP contribution is -2.59. The van der Waals surface area contributed by atoms with Gasteiger partial charge in [0.15, 0.2) is 0 Å². The molecule has 0 aromatic heterocycles. The second-order valence-corrected chi connectivity index (χ2v) is 13.0. The second kappa shape index (κ2) is 16.3. The van der Waals surface area contributed by atoms with Gasteiger partial charge in [0.2, 0.25) is 11.7 Å². The summed E-state index contributed by atoms with van der Waals surface area (Å²) in [6.45, 7) is 8.14. The maximum Gasteiger partial charge on any atom is 0.306 e. The molecule has 8 heteroatoms. The van der Waals surface area contributed by atoms with Gasteiger partial charge in [-0.2, -0.15) is 0 Å². The molecule has 0 radical (unpaired) electrons. The number of likely N-dealkylation sites (tertiary alicyclic amines) is 1. The van der Waals surface area contributed by atoms with Crippen molar-refractivity contribution in [1.82, 2.24) is 10.2 Å². The van der Waals surface area contributed by atoms with E-state index < -0.39 is 35.5 Å². The first kappa shape index (κ1) is 34.5. The monoisotopic (exact) mass is 626 g/mol. The highest BCUT2D eigenvalue weighted by atomic mass is 16.5. The Morgan fingerprint density at radius 1 is 0.870 bits per heavy atom. The minimum atomic E-state index is -1.03. The number of hydrogen-bond donors (Lipinski definition) is 1. The predicted molar refractivity (Wildman–Crippen MR) is 178 cm³/mol. The average molecular weight is 627 g/mol. The second-order valence-electron chi connectivity index (χ2n) is 13.0. The van der Waals surface area contributed by atoms with E-state index in [0.717, 1.165) is 21.9 Å². The number of benzene rings is 3. The number of carbonyl (C=O) groups is 5. The molecule has 1 heterocycles. The summed E-state index contributed by atoms with van der Waals surface area (Å²) in [5, 5.41) is 5.09. The Labute approximate surface area is 271 Å². The van der Waals surface area contributed by atoms with Crippen LogP contribution in [0.1, 0.15) is 64.5 Å². The lowest BCUT2D eigenvalue weighted by Gasteiger charge is -2.39. The van der Waals surface area contributed by atoms with E-state index >= 15 is 0 Å². The van der Waals surface area contributed by atoms with Gasteiger partial charge in [0, 0.05) is 25.4 Å². The Hall–Kier alpha value is -4.33. The topological polar surface area (TPSA) is 110 Å². The molecule has 3 atom stereocenters. The van der Waals surface area contributed by atoms with Gasteiger partial charge in [0.25, 0.3) is 5.91 Å². The fourth-order valence-electron chi connectivity index (χ4n) is 5.83. The molecule has 46 heavy (non-hydrogen) atoms. The van der Waals surface area contributed by atoms with Crippen LogP contribution in [0.3, 0.4) is 0 Å². The predicted octanol–water partition coefficient (Wildman–Crippen LogP) is 5.70. The molecule has 3 aromatic rings. The largest absolute Gasteiger partial charge is 0.461 e. The van der Waals surface area contributed by atoms with Crippen molar-refractivity contribution in [3.8, 4) is 0 Å². The summed E-state index contributed by atoms with van der Waals surface area (Å²) in [5.74, 6) is -3.43. The minimum absolute atomic E-state index is 0.0760. The Bertz CT molecular complexity index is 1530. The highest BCUT2D eigenvalue weighted by molar-refractivity contribution is 6.38. The highest BCUT2D eigenvalue weighted by Gasteiger charge is 2.41. The van der Waals surface area contributed by atoms with Gasteiger partial charge in [-0.15, -0.1) is 0 Å². The summed E-state index contributed by atoms with van der Waals surface area (Å²) < 4.78 is 5.42. The quantitative estimate of drug-likeness (QED) is 0.162. The third kappa shape index (κ3) is 9.35. The molecule has 1 fully saturated rings. The molecule has 0 bridgehead atoms. The van der Waals surface area contributed by atoms with E-state index in [1.54, 1.807) is 0 Å². The summed E-state index contributed by atoms with van der Waals surface area (Å²) >= 11 is 0. The van der Waals surface area contributed by atoms with E-state index in [-0.39, 0.29) is 49.7 Å². The summed E-state index contributed by atoms with van der Waals surface area (Å²) in [5.41, 5.74) is 1.93. The fourth-order valence-corrected chi connectivity index (χ4v) is 5.83. The maximum atomic E-state index is 13.5. The molecule has 0 aliphatic carbocycles. The van der Waals surface area contributed by atoms with Crippen LogP contribution in [0.25, 0.3) is 10.8 Å². The van der Waals surface area contributed by atoms with Crippen LogP contribution in [-0.4, -0.2) is 53.4 Å². The van der Waals surface area contributed by atoms with E-state index in [1.807, 2.05) is 82.3 Å². The van der Waals surface area contributed by atoms with Crippen molar-refractivity contribution in [2.75, 3.05) is 13.1 Å². The number of Topliss-reactive ketones (excluding diaryl/α,β-unsaturated/α-hetero) is 2. The zero-order valence-corrected chi connectivity index (χ0v) is 27.4. The molecule has 2 amide bonds. The van der Waals surface area contributed by atoms with Crippen molar-refractivity contribution in [3.05, 3.63) is 83.9 Å². The number of amides is 2. The maximum absolute atomic E-state index is 13.5. The van der Waals surface area contributed by atoms with Gasteiger partial charge in [-0.1, -0.05) is 107 Å². The van der Waals surface area contributed by atoms with E-state index in [4.69, 9.17) is 4.74 Å². The Morgan fingerprint density at radius 2 is 1.54 bits per heavy atom. The Kier molecular flexibility index (Phi) is 12.2. The van der Waals surface area contributed by atoms with Crippen LogP contribution in [0.5, 0.6) is 0 Å². The van der Waals surface area contributed by atoms with Gasteiger partial charge in [-0.3, -0.25) is 24.0 Å². The van der Waals surface area contributed by atoms with Crippen molar-refractivity contribution in [2.24, 2.45) is 23.7 Å². The van der Waals surface area contributed by atoms with Gasteiger partial charge in [0.1, 0.15) is 12.4 Å². The molecule has 1 aliphatic heterocycles. The van der Waals surface area contributed by atoms with Crippen molar-refractivity contribution in [1.29, 1.82) is 0 Å². The van der Waals surface area contributed by atoms with Gasteiger partial charge < -0.3 is 15.0 Å². The summed E-state index contributed by atoms with van der Waals surface area (Å²) in [4.78, 5) is 67.1. The first-order valence-electron chi connectivity index (χ1n) is 16.4. The summed E-state index contributed by atoms with van der Waals surface area (Å²) in [6.07, 6.45) is 1.86. The van der Waals surface area contributed by atoms with Gasteiger partial charge in [-0.05, 0) is 46.6 Å². The smallest absolute Gasteiger partial charge is 0.306 e. The Morgan fingerprint density at radius 3 is 2.22 bits per heavy atom. The molecular weight excluding hydrogens is 580 g/mol. The van der Waals surface area contributed by atoms with Gasteiger partial charge in [-0.25, -0.2) is 0 Å². The zero-order chi connectivity index (χ0) is 33.2. The number of esters is 1. The molecule has 3 unspecified atom stereocenters. The number of fused-ring (bicyclic) bond motifs is 1. The number of aryl methyl sites for hydroxylation is 1. The molecular formula is C38H46N2O6. The SMILES string of the molecule is CCC(C)C(NC(=O)C(CC(=O)OCc1ccccc1)CC(C)C)C(=O)C(=O)N1CC(C(=O)CCc2ccc3ccccc3c2)C1. The minimum Gasteiger partial charge on any atom is -0.461 e. The number of hydrogen-bond acceptors (Lipinski definition) is 6. The van der Waals surface area contributed by atoms with E-state index in [2.05, 4.69) is 23.5 Å². The summed E-state index contributed by atoms with van der Waals surface area (Å²) in [6, 6.07) is 22.6. The average Bonchev–Trinajstić information content (AvgIpc) is 3.03. The van der Waals surface area contributed by atoms with Crippen LogP contribution in [0.15, 0.2) is 72.8 Å². The van der Waals surface area contributed by atoms with Crippen LogP contribution < -0.4 is 5.32 Å². The fraction of sp³-hybridized carbons (Fsp3) is 0.447. The standard InChI is InChI=1S/C38H46N2O6/c1-5-26(4)35(39-37(44)31(19-25(2)3)21-34(42)46-24-28-11-7-6-8-12-28)36(43)38(45)40-22-32(23-40)33(41)18-16-27-15-17-29-13-9-10-14-30(29)20-27/h6-15,17,20,25-26,31-32,35H,5,16,18-19,21-24H2,1-4H3,(H,39,44). The van der Waals surface area contributed by atoms with Crippen LogP contribution in [0.2, 0.25) is 0 Å². The van der Waals surface area contributed by atoms with Crippen molar-refractivity contribution < 1.29 is 28.7 Å². The molecule has 0 spiro atoms. The van der Waals surface area contributed by atoms with E-state index in [9.17, 15) is 24.0 Å². The first-order valence-corrected chi connectivity index (χ1v) is 16.4. The molecule has 1 aliphatic rings. The van der Waals surface area contributed by atoms with Gasteiger partial charge in [0.05, 0.1) is 18.4 Å². The Balaban J connectivity index is 1.30. The molecule has 1 saturated heterocycles. The van der Waals surface area contributed by atoms with E-state index in [0.29, 0.717) is 25.7 Å². The number of carbonyl (C=O) groups excluding carboxylic acids is 5. The number of nitrogens with one attached hydrogen (secondary N) is 1. The number of ether oxygens (including phenoxy) is 1. The normalized spacial score (nSPS) is 15.1. The first-order chi connectivity index (χ1) is 22.0. The van der Waals surface area contributed by atoms with Crippen LogP contribution in [-0.2, 0) is 41.7 Å². The lowest BCUT2D eigenvalue weighted by atomic mass is 9.88. The van der Waals surface area contributed by atoms with Crippen LogP contribution in [0.4, 0.5) is 0 Å². The zero-order valence-electron chi connectivity index (χ0n) is 27.4. The third-order valence-corrected chi connectivity index (χ3v) is 8.88. The van der Waals surface area contributed by atoms with Crippen LogP contribution in [0, 0.1) is 23.7 Å². The lowest BCUT2D eigenvalue weighted by molar-refractivity contribution is -0.153. The third-order valence-electron chi connectivity index (χ3n) is 8.88. The number of nitrogens with zero attached hydrogens (tertiary/aromatic N) is 1. The molecule has 1 N–H and O–H groups in total. The molecule has 8 nitrogen and oxygen atoms in total. The molecule has 3 aromatic carbocycles. The van der Waals surface area contributed by atoms with Crippen molar-refractivity contribution in [2.45, 2.75) is 72.4 Å². The van der Waals surface area contributed by atoms with Crippen molar-refractivity contribution in [3.63, 3.8) is 0 Å². The molecule has 4 rings (SSSR count). The van der Waals surface area contributed by atoms with Crippen LogP contribution >= 0.6 is 0 Å². The number of ketones is 2. The van der Waals surface area contributed by atoms with E-state index in [1.165, 1.54) is 4.90 Å². The van der Waals surface area contributed by atoms with Gasteiger partial charge >= 0.3 is 5.97 Å². The molecule has 0 saturated carbocycles. The summed E-state index contributed by atoms with van der Waals surface area (Å²) in [7, 11) is 0. The highest BCUT2D eigenvalue weighted by Crippen LogP contribution is 2.23. The van der Waals surface area contributed by atoms with Crippen molar-refractivity contribution >= 4 is 40.1 Å². The number of rotatable bonds is 16.